The number of aromatic nitrogens is 1. The Balaban J connectivity index is 1.78. The highest BCUT2D eigenvalue weighted by molar-refractivity contribution is 6.06. The van der Waals surface area contributed by atoms with E-state index in [1.54, 1.807) is 30.2 Å². The highest BCUT2D eigenvalue weighted by atomic mass is 16.5. The first kappa shape index (κ1) is 22.1. The highest BCUT2D eigenvalue weighted by Crippen LogP contribution is 2.29. The smallest absolute Gasteiger partial charge is 0.258 e. The number of hydrogen-bond acceptors (Lipinski definition) is 4. The van der Waals surface area contributed by atoms with Gasteiger partial charge in [-0.2, -0.15) is 0 Å². The van der Waals surface area contributed by atoms with E-state index in [0.29, 0.717) is 28.3 Å². The van der Waals surface area contributed by atoms with Gasteiger partial charge >= 0.3 is 0 Å². The molecule has 1 N–H and O–H groups in total. The van der Waals surface area contributed by atoms with Crippen LogP contribution in [0, 0.1) is 13.8 Å². The van der Waals surface area contributed by atoms with Gasteiger partial charge in [-0.05, 0) is 67.8 Å². The summed E-state index contributed by atoms with van der Waals surface area (Å²) >= 11 is 0. The van der Waals surface area contributed by atoms with Crippen molar-refractivity contribution in [2.24, 2.45) is 0 Å². The number of carbonyl (C=O) groups excluding carboxylic acids is 1. The zero-order valence-corrected chi connectivity index (χ0v) is 19.1. The van der Waals surface area contributed by atoms with Gasteiger partial charge in [-0.15, -0.1) is 0 Å². The molecule has 6 nitrogen and oxygen atoms in total. The van der Waals surface area contributed by atoms with Crippen LogP contribution in [0.15, 0.2) is 71.5 Å². The van der Waals surface area contributed by atoms with Crippen LogP contribution in [0.25, 0.3) is 10.9 Å². The molecule has 0 saturated heterocycles. The van der Waals surface area contributed by atoms with Crippen molar-refractivity contribution in [3.63, 3.8) is 0 Å². The molecule has 0 fully saturated rings. The molecule has 0 aliphatic rings. The Morgan fingerprint density at radius 2 is 1.55 bits per heavy atom. The third-order valence-corrected chi connectivity index (χ3v) is 5.63. The van der Waals surface area contributed by atoms with E-state index in [-0.39, 0.29) is 18.0 Å². The summed E-state index contributed by atoms with van der Waals surface area (Å²) in [5, 5.41) is 0.923. The summed E-state index contributed by atoms with van der Waals surface area (Å²) in [6.07, 6.45) is 0. The largest absolute Gasteiger partial charge is 0.493 e. The van der Waals surface area contributed by atoms with E-state index in [1.165, 1.54) is 7.11 Å². The van der Waals surface area contributed by atoms with Crippen LogP contribution in [0.1, 0.15) is 27.0 Å². The third-order valence-electron chi connectivity index (χ3n) is 5.63. The summed E-state index contributed by atoms with van der Waals surface area (Å²) in [4.78, 5) is 31.0. The van der Waals surface area contributed by atoms with Gasteiger partial charge in [-0.25, -0.2) is 0 Å². The van der Waals surface area contributed by atoms with Crippen molar-refractivity contribution >= 4 is 22.5 Å². The number of hydrogen-bond donors (Lipinski definition) is 1. The number of fused-ring (bicyclic) bond motifs is 1. The lowest BCUT2D eigenvalue weighted by molar-refractivity contribution is 0.0984. The van der Waals surface area contributed by atoms with Crippen molar-refractivity contribution in [1.29, 1.82) is 0 Å². The van der Waals surface area contributed by atoms with Crippen LogP contribution in [0.2, 0.25) is 0 Å². The van der Waals surface area contributed by atoms with Crippen molar-refractivity contribution < 1.29 is 14.3 Å². The third kappa shape index (κ3) is 4.60. The van der Waals surface area contributed by atoms with Crippen LogP contribution in [0.5, 0.6) is 11.5 Å². The first-order chi connectivity index (χ1) is 15.9. The number of carbonyl (C=O) groups is 1. The number of ether oxygens (including phenoxy) is 2. The summed E-state index contributed by atoms with van der Waals surface area (Å²) < 4.78 is 10.7. The summed E-state index contributed by atoms with van der Waals surface area (Å²) in [5.74, 6) is 0.757. The number of nitrogens with one attached hydrogen (secondary N) is 1. The zero-order valence-electron chi connectivity index (χ0n) is 19.1. The Kier molecular flexibility index (Phi) is 6.18. The van der Waals surface area contributed by atoms with Gasteiger partial charge in [0.2, 0.25) is 0 Å². The van der Waals surface area contributed by atoms with Crippen LogP contribution >= 0.6 is 0 Å². The molecule has 3 aromatic carbocycles. The SMILES string of the molecule is COc1ccc(C(=O)N(Cc2cc3cc(C)ccc3[nH]c2=O)c2ccc(C)cc2)cc1OC. The number of aromatic amines is 1. The van der Waals surface area contributed by atoms with Gasteiger partial charge in [0.1, 0.15) is 0 Å². The minimum Gasteiger partial charge on any atom is -0.493 e. The molecule has 0 atom stereocenters. The van der Waals surface area contributed by atoms with Crippen molar-refractivity contribution in [1.82, 2.24) is 4.98 Å². The van der Waals surface area contributed by atoms with Crippen molar-refractivity contribution in [2.75, 3.05) is 19.1 Å². The molecule has 0 saturated carbocycles. The summed E-state index contributed by atoms with van der Waals surface area (Å²) in [6.45, 7) is 4.11. The van der Waals surface area contributed by atoms with E-state index in [9.17, 15) is 9.59 Å². The number of anilines is 1. The molecular weight excluding hydrogens is 416 g/mol. The molecule has 0 spiro atoms. The van der Waals surface area contributed by atoms with Crippen LogP contribution in [-0.2, 0) is 6.54 Å². The Morgan fingerprint density at radius 1 is 0.848 bits per heavy atom. The Hall–Kier alpha value is -4.06. The fraction of sp³-hybridized carbons (Fsp3) is 0.185. The van der Waals surface area contributed by atoms with Crippen LogP contribution in [0.3, 0.4) is 0 Å². The van der Waals surface area contributed by atoms with E-state index in [0.717, 1.165) is 22.0 Å². The lowest BCUT2D eigenvalue weighted by atomic mass is 10.1. The molecular formula is C27H26N2O4. The molecule has 168 valence electrons. The summed E-state index contributed by atoms with van der Waals surface area (Å²) in [6, 6.07) is 20.4. The summed E-state index contributed by atoms with van der Waals surface area (Å²) in [5.41, 5.74) is 4.35. The van der Waals surface area contributed by atoms with Crippen molar-refractivity contribution in [3.05, 3.63) is 99.3 Å². The Bertz CT molecular complexity index is 1370. The first-order valence-electron chi connectivity index (χ1n) is 10.6. The van der Waals surface area contributed by atoms with E-state index >= 15 is 0 Å². The zero-order chi connectivity index (χ0) is 23.5. The fourth-order valence-electron chi connectivity index (χ4n) is 3.79. The second kappa shape index (κ2) is 9.20. The normalized spacial score (nSPS) is 10.8. The molecule has 0 radical (unpaired) electrons. The lowest BCUT2D eigenvalue weighted by Gasteiger charge is -2.23. The van der Waals surface area contributed by atoms with E-state index in [2.05, 4.69) is 4.98 Å². The number of pyridine rings is 1. The predicted octanol–water partition coefficient (Wildman–Crippen LogP) is 5.01. The maximum Gasteiger partial charge on any atom is 0.258 e. The minimum absolute atomic E-state index is 0.120. The molecule has 33 heavy (non-hydrogen) atoms. The average molecular weight is 443 g/mol. The molecule has 4 rings (SSSR count). The molecule has 1 heterocycles. The topological polar surface area (TPSA) is 71.6 Å². The maximum atomic E-state index is 13.6. The number of nitrogens with zero attached hydrogens (tertiary/aromatic N) is 1. The second-order valence-electron chi connectivity index (χ2n) is 8.01. The van der Waals surface area contributed by atoms with Gasteiger partial charge < -0.3 is 19.4 Å². The van der Waals surface area contributed by atoms with Crippen molar-refractivity contribution in [3.8, 4) is 11.5 Å². The van der Waals surface area contributed by atoms with Gasteiger partial charge in [0.25, 0.3) is 11.5 Å². The van der Waals surface area contributed by atoms with Crippen LogP contribution in [0.4, 0.5) is 5.69 Å². The Labute approximate surface area is 192 Å². The predicted molar refractivity (Wildman–Crippen MR) is 131 cm³/mol. The average Bonchev–Trinajstić information content (AvgIpc) is 2.82. The van der Waals surface area contributed by atoms with Crippen LogP contribution in [-0.4, -0.2) is 25.1 Å². The molecule has 1 aromatic heterocycles. The first-order valence-corrected chi connectivity index (χ1v) is 10.6. The van der Waals surface area contributed by atoms with Gasteiger partial charge in [0.05, 0.1) is 20.8 Å². The number of benzene rings is 3. The number of rotatable bonds is 6. The Morgan fingerprint density at radius 3 is 2.24 bits per heavy atom. The second-order valence-corrected chi connectivity index (χ2v) is 8.01. The molecule has 0 aliphatic carbocycles. The van der Waals surface area contributed by atoms with Crippen LogP contribution < -0.4 is 19.9 Å². The number of methoxy groups -OCH3 is 2. The van der Waals surface area contributed by atoms with Crippen molar-refractivity contribution in [2.45, 2.75) is 20.4 Å². The molecule has 1 amide bonds. The molecule has 0 unspecified atom stereocenters. The maximum absolute atomic E-state index is 13.6. The van der Waals surface area contributed by atoms with Gasteiger partial charge in [-0.3, -0.25) is 9.59 Å². The quantitative estimate of drug-likeness (QED) is 0.456. The van der Waals surface area contributed by atoms with E-state index < -0.39 is 0 Å². The highest BCUT2D eigenvalue weighted by Gasteiger charge is 2.21. The van der Waals surface area contributed by atoms with E-state index in [4.69, 9.17) is 9.47 Å². The monoisotopic (exact) mass is 442 g/mol. The van der Waals surface area contributed by atoms with E-state index in [1.807, 2.05) is 62.4 Å². The number of amides is 1. The van der Waals surface area contributed by atoms with Gasteiger partial charge in [-0.1, -0.05) is 29.3 Å². The lowest BCUT2D eigenvalue weighted by Crippen LogP contribution is -2.33. The van der Waals surface area contributed by atoms with Gasteiger partial charge in [0.15, 0.2) is 11.5 Å². The molecule has 0 aliphatic heterocycles. The van der Waals surface area contributed by atoms with Gasteiger partial charge in [0, 0.05) is 22.3 Å². The number of aryl methyl sites for hydroxylation is 2. The summed E-state index contributed by atoms with van der Waals surface area (Å²) in [7, 11) is 3.08. The minimum atomic E-state index is -0.247. The molecule has 6 heteroatoms. The molecule has 4 aromatic rings. The fourth-order valence-corrected chi connectivity index (χ4v) is 3.79. The standard InChI is InChI=1S/C27H26N2O4/c1-17-5-9-22(10-6-17)29(27(31)19-8-12-24(32-3)25(15-19)33-4)16-21-14-20-13-18(2)7-11-23(20)28-26(21)30/h5-15H,16H2,1-4H3,(H,28,30). The molecule has 0 bridgehead atoms. The number of H-pyrrole nitrogens is 1.